The second kappa shape index (κ2) is 6.10. The number of methoxy groups -OCH3 is 1. The van der Waals surface area contributed by atoms with Crippen LogP contribution in [0.25, 0.3) is 0 Å². The molecule has 0 heterocycles. The molecule has 0 spiro atoms. The number of nitrogens with zero attached hydrogens (tertiary/aromatic N) is 1. The maximum Gasteiger partial charge on any atom is 0.337 e. The van der Waals surface area contributed by atoms with Crippen LogP contribution >= 0.6 is 0 Å². The monoisotopic (exact) mass is 271 g/mol. The van der Waals surface area contributed by atoms with E-state index in [2.05, 4.69) is 9.73 Å². The normalized spacial score (nSPS) is 10.8. The molecule has 0 saturated carbocycles. The van der Waals surface area contributed by atoms with Crippen molar-refractivity contribution in [2.75, 3.05) is 7.11 Å². The summed E-state index contributed by atoms with van der Waals surface area (Å²) in [5.74, 6) is -0.650. The topological polar surface area (TPSA) is 38.7 Å². The van der Waals surface area contributed by atoms with Crippen molar-refractivity contribution < 1.29 is 13.9 Å². The van der Waals surface area contributed by atoms with Crippen molar-refractivity contribution in [1.29, 1.82) is 0 Å². The third-order valence-electron chi connectivity index (χ3n) is 2.84. The number of esters is 1. The summed E-state index contributed by atoms with van der Waals surface area (Å²) in [6.45, 7) is 1.86. The number of hydrogen-bond acceptors (Lipinski definition) is 3. The van der Waals surface area contributed by atoms with Gasteiger partial charge in [-0.3, -0.25) is 4.99 Å². The van der Waals surface area contributed by atoms with Crippen LogP contribution in [0.4, 0.5) is 10.1 Å². The van der Waals surface area contributed by atoms with Gasteiger partial charge in [-0.05, 0) is 48.4 Å². The number of benzene rings is 2. The molecule has 0 amide bonds. The molecule has 0 aromatic heterocycles. The minimum absolute atomic E-state index is 0.277. The largest absolute Gasteiger partial charge is 0.465 e. The molecule has 2 rings (SSSR count). The molecule has 0 bridgehead atoms. The maximum absolute atomic E-state index is 12.8. The van der Waals surface area contributed by atoms with E-state index in [9.17, 15) is 9.18 Å². The number of rotatable bonds is 3. The van der Waals surface area contributed by atoms with Crippen LogP contribution in [0.2, 0.25) is 0 Å². The number of aliphatic imine (C=N–C) groups is 1. The SMILES string of the molecule is COC(=O)c1ccc(N=Cc2ccc(F)cc2)c(C)c1. The first-order valence-corrected chi connectivity index (χ1v) is 6.09. The zero-order valence-corrected chi connectivity index (χ0v) is 11.3. The van der Waals surface area contributed by atoms with Crippen molar-refractivity contribution in [1.82, 2.24) is 0 Å². The summed E-state index contributed by atoms with van der Waals surface area (Å²) in [4.78, 5) is 15.7. The van der Waals surface area contributed by atoms with E-state index in [0.29, 0.717) is 5.56 Å². The Balaban J connectivity index is 2.21. The molecule has 2 aromatic carbocycles. The summed E-state index contributed by atoms with van der Waals surface area (Å²) in [5, 5.41) is 0. The van der Waals surface area contributed by atoms with Gasteiger partial charge in [0.05, 0.1) is 18.4 Å². The summed E-state index contributed by atoms with van der Waals surface area (Å²) in [5.41, 5.74) is 2.92. The molecular weight excluding hydrogens is 257 g/mol. The molecule has 0 N–H and O–H groups in total. The van der Waals surface area contributed by atoms with Gasteiger partial charge in [0.1, 0.15) is 5.82 Å². The molecule has 2 aromatic rings. The number of halogens is 1. The minimum Gasteiger partial charge on any atom is -0.465 e. The number of carbonyl (C=O) groups excluding carboxylic acids is 1. The lowest BCUT2D eigenvalue weighted by Crippen LogP contribution is -2.00. The third-order valence-corrected chi connectivity index (χ3v) is 2.84. The van der Waals surface area contributed by atoms with Crippen LogP contribution in [-0.4, -0.2) is 19.3 Å². The van der Waals surface area contributed by atoms with Crippen LogP contribution in [0, 0.1) is 12.7 Å². The second-order valence-corrected chi connectivity index (χ2v) is 4.30. The summed E-state index contributed by atoms with van der Waals surface area (Å²) < 4.78 is 17.4. The molecule has 20 heavy (non-hydrogen) atoms. The predicted molar refractivity (Wildman–Crippen MR) is 76.2 cm³/mol. The first-order chi connectivity index (χ1) is 9.60. The fourth-order valence-electron chi connectivity index (χ4n) is 1.74. The molecule has 0 aliphatic heterocycles. The summed E-state index contributed by atoms with van der Waals surface area (Å²) in [6.07, 6.45) is 1.65. The van der Waals surface area contributed by atoms with E-state index in [-0.39, 0.29) is 11.8 Å². The van der Waals surface area contributed by atoms with E-state index in [4.69, 9.17) is 0 Å². The minimum atomic E-state index is -0.373. The van der Waals surface area contributed by atoms with Crippen LogP contribution in [0.1, 0.15) is 21.5 Å². The molecule has 0 unspecified atom stereocenters. The van der Waals surface area contributed by atoms with Crippen molar-refractivity contribution in [3.63, 3.8) is 0 Å². The number of aryl methyl sites for hydroxylation is 1. The van der Waals surface area contributed by atoms with E-state index in [1.54, 1.807) is 36.5 Å². The molecule has 0 aliphatic rings. The Bertz CT molecular complexity index is 648. The van der Waals surface area contributed by atoms with Crippen LogP contribution in [0.15, 0.2) is 47.5 Å². The Morgan fingerprint density at radius 3 is 2.50 bits per heavy atom. The lowest BCUT2D eigenvalue weighted by molar-refractivity contribution is 0.0600. The average Bonchev–Trinajstić information content (AvgIpc) is 2.46. The van der Waals surface area contributed by atoms with Gasteiger partial charge in [-0.25, -0.2) is 9.18 Å². The number of carbonyl (C=O) groups is 1. The predicted octanol–water partition coefficient (Wildman–Crippen LogP) is 3.67. The first-order valence-electron chi connectivity index (χ1n) is 6.09. The standard InChI is InChI=1S/C16H14FNO2/c1-11-9-13(16(19)20-2)5-8-15(11)18-10-12-3-6-14(17)7-4-12/h3-10H,1-2H3. The van der Waals surface area contributed by atoms with Gasteiger partial charge in [-0.15, -0.1) is 0 Å². The highest BCUT2D eigenvalue weighted by molar-refractivity contribution is 5.90. The summed E-state index contributed by atoms with van der Waals surface area (Å²) >= 11 is 0. The highest BCUT2D eigenvalue weighted by Gasteiger charge is 2.06. The van der Waals surface area contributed by atoms with Crippen LogP contribution in [0.3, 0.4) is 0 Å². The van der Waals surface area contributed by atoms with E-state index in [0.717, 1.165) is 16.8 Å². The van der Waals surface area contributed by atoms with Crippen molar-refractivity contribution in [2.24, 2.45) is 4.99 Å². The average molecular weight is 271 g/mol. The molecule has 0 aliphatic carbocycles. The van der Waals surface area contributed by atoms with Gasteiger partial charge in [0.2, 0.25) is 0 Å². The number of hydrogen-bond donors (Lipinski definition) is 0. The van der Waals surface area contributed by atoms with Crippen molar-refractivity contribution >= 4 is 17.9 Å². The molecule has 0 atom stereocenters. The van der Waals surface area contributed by atoms with Crippen molar-refractivity contribution in [2.45, 2.75) is 6.92 Å². The first kappa shape index (κ1) is 13.9. The molecule has 4 heteroatoms. The van der Waals surface area contributed by atoms with Crippen LogP contribution in [0.5, 0.6) is 0 Å². The Labute approximate surface area is 116 Å². The second-order valence-electron chi connectivity index (χ2n) is 4.30. The van der Waals surface area contributed by atoms with E-state index < -0.39 is 0 Å². The Kier molecular flexibility index (Phi) is 4.25. The fourth-order valence-corrected chi connectivity index (χ4v) is 1.74. The number of ether oxygens (including phenoxy) is 1. The van der Waals surface area contributed by atoms with Gasteiger partial charge in [-0.1, -0.05) is 12.1 Å². The quantitative estimate of drug-likeness (QED) is 0.631. The Morgan fingerprint density at radius 1 is 1.20 bits per heavy atom. The Hall–Kier alpha value is -2.49. The molecule has 102 valence electrons. The van der Waals surface area contributed by atoms with E-state index in [1.807, 2.05) is 6.92 Å². The smallest absolute Gasteiger partial charge is 0.337 e. The van der Waals surface area contributed by atoms with Crippen molar-refractivity contribution in [3.05, 3.63) is 65.0 Å². The molecular formula is C16H14FNO2. The lowest BCUT2D eigenvalue weighted by atomic mass is 10.1. The van der Waals surface area contributed by atoms with Crippen LogP contribution in [-0.2, 0) is 4.74 Å². The van der Waals surface area contributed by atoms with Gasteiger partial charge in [0.25, 0.3) is 0 Å². The lowest BCUT2D eigenvalue weighted by Gasteiger charge is -2.03. The third kappa shape index (κ3) is 3.29. The highest BCUT2D eigenvalue weighted by Crippen LogP contribution is 2.20. The van der Waals surface area contributed by atoms with E-state index >= 15 is 0 Å². The zero-order valence-electron chi connectivity index (χ0n) is 11.3. The van der Waals surface area contributed by atoms with Gasteiger partial charge < -0.3 is 4.74 Å². The highest BCUT2D eigenvalue weighted by atomic mass is 19.1. The van der Waals surface area contributed by atoms with Gasteiger partial charge in [-0.2, -0.15) is 0 Å². The van der Waals surface area contributed by atoms with E-state index in [1.165, 1.54) is 19.2 Å². The fraction of sp³-hybridized carbons (Fsp3) is 0.125. The molecule has 0 saturated heterocycles. The Morgan fingerprint density at radius 2 is 1.90 bits per heavy atom. The van der Waals surface area contributed by atoms with Gasteiger partial charge >= 0.3 is 5.97 Å². The zero-order chi connectivity index (χ0) is 14.5. The van der Waals surface area contributed by atoms with Crippen molar-refractivity contribution in [3.8, 4) is 0 Å². The summed E-state index contributed by atoms with van der Waals surface area (Å²) in [7, 11) is 1.35. The van der Waals surface area contributed by atoms with Crippen LogP contribution < -0.4 is 0 Å². The molecule has 0 fully saturated rings. The maximum atomic E-state index is 12.8. The van der Waals surface area contributed by atoms with Gasteiger partial charge in [0, 0.05) is 6.21 Å². The summed E-state index contributed by atoms with van der Waals surface area (Å²) in [6, 6.07) is 11.2. The molecule has 0 radical (unpaired) electrons. The van der Waals surface area contributed by atoms with Gasteiger partial charge in [0.15, 0.2) is 0 Å². The molecule has 3 nitrogen and oxygen atoms in total.